The minimum atomic E-state index is -0.601. The van der Waals surface area contributed by atoms with Gasteiger partial charge in [0.1, 0.15) is 17.3 Å². The monoisotopic (exact) mass is 438 g/mol. The molecule has 0 fully saturated rings. The molecule has 0 spiro atoms. The zero-order valence-corrected chi connectivity index (χ0v) is 18.2. The summed E-state index contributed by atoms with van der Waals surface area (Å²) in [6, 6.07) is 10.1. The summed E-state index contributed by atoms with van der Waals surface area (Å²) in [5, 5.41) is 0. The number of hydrogen-bond donors (Lipinski definition) is 0. The van der Waals surface area contributed by atoms with Crippen LogP contribution in [0.1, 0.15) is 15.9 Å². The molecule has 166 valence electrons. The van der Waals surface area contributed by atoms with Crippen LogP contribution in [0.3, 0.4) is 0 Å². The molecule has 0 aromatic heterocycles. The zero-order valence-electron chi connectivity index (χ0n) is 18.2. The van der Waals surface area contributed by atoms with E-state index >= 15 is 0 Å². The summed E-state index contributed by atoms with van der Waals surface area (Å²) < 4.78 is 23.8. The van der Waals surface area contributed by atoms with Gasteiger partial charge in [0.05, 0.1) is 31.9 Å². The van der Waals surface area contributed by atoms with E-state index in [1.807, 2.05) is 0 Å². The van der Waals surface area contributed by atoms with Crippen molar-refractivity contribution < 1.29 is 28.2 Å². The number of ether oxygens (including phenoxy) is 2. The van der Waals surface area contributed by atoms with E-state index < -0.39 is 23.4 Å². The molecule has 0 aliphatic carbocycles. The Balaban J connectivity index is 1.92. The third kappa shape index (κ3) is 4.69. The van der Waals surface area contributed by atoms with Gasteiger partial charge in [-0.15, -0.1) is 0 Å². The van der Waals surface area contributed by atoms with Gasteiger partial charge in [-0.1, -0.05) is 0 Å². The molecule has 2 aromatic carbocycles. The highest BCUT2D eigenvalue weighted by atomic mass is 19.1. The third-order valence-corrected chi connectivity index (χ3v) is 4.86. The highest BCUT2D eigenvalue weighted by Crippen LogP contribution is 2.30. The van der Waals surface area contributed by atoms with Crippen molar-refractivity contribution in [1.29, 1.82) is 0 Å². The SMILES string of the molecule is COc1ccc(CN2C(=O)C=C(/C(=C\N(C)C)C(=O)c3ccc(F)cc3)C2=O)c(OC)c1. The Hall–Kier alpha value is -3.94. The Morgan fingerprint density at radius 3 is 2.34 bits per heavy atom. The Bertz CT molecular complexity index is 1120. The number of rotatable bonds is 8. The van der Waals surface area contributed by atoms with Crippen LogP contribution in [0.5, 0.6) is 11.5 Å². The van der Waals surface area contributed by atoms with Gasteiger partial charge in [0, 0.05) is 43.6 Å². The molecule has 0 N–H and O–H groups in total. The molecule has 0 saturated heterocycles. The molecule has 0 radical (unpaired) electrons. The Kier molecular flexibility index (Phi) is 6.73. The van der Waals surface area contributed by atoms with Gasteiger partial charge in [-0.05, 0) is 36.4 Å². The largest absolute Gasteiger partial charge is 0.497 e. The fraction of sp³-hybridized carbons (Fsp3) is 0.208. The zero-order chi connectivity index (χ0) is 23.4. The number of amides is 2. The van der Waals surface area contributed by atoms with Crippen LogP contribution in [0.4, 0.5) is 4.39 Å². The van der Waals surface area contributed by atoms with Gasteiger partial charge in [0.2, 0.25) is 0 Å². The fourth-order valence-corrected chi connectivity index (χ4v) is 3.27. The summed E-state index contributed by atoms with van der Waals surface area (Å²) in [5.41, 5.74) is 0.832. The second-order valence-corrected chi connectivity index (χ2v) is 7.31. The number of Topliss-reactive ketones (excluding diaryl/α,β-unsaturated/α-hetero) is 1. The lowest BCUT2D eigenvalue weighted by Gasteiger charge is -2.18. The Labute approximate surface area is 185 Å². The minimum Gasteiger partial charge on any atom is -0.497 e. The van der Waals surface area contributed by atoms with Gasteiger partial charge >= 0.3 is 0 Å². The highest BCUT2D eigenvalue weighted by molar-refractivity contribution is 6.25. The second-order valence-electron chi connectivity index (χ2n) is 7.31. The number of nitrogens with zero attached hydrogens (tertiary/aromatic N) is 2. The molecule has 1 heterocycles. The number of benzene rings is 2. The van der Waals surface area contributed by atoms with E-state index in [0.29, 0.717) is 17.1 Å². The van der Waals surface area contributed by atoms with Gasteiger partial charge in [-0.3, -0.25) is 19.3 Å². The summed E-state index contributed by atoms with van der Waals surface area (Å²) in [7, 11) is 6.39. The normalized spacial score (nSPS) is 13.8. The lowest BCUT2D eigenvalue weighted by atomic mass is 9.97. The van der Waals surface area contributed by atoms with Crippen molar-refractivity contribution in [3.05, 3.63) is 82.8 Å². The van der Waals surface area contributed by atoms with Crippen molar-refractivity contribution in [3.8, 4) is 11.5 Å². The van der Waals surface area contributed by atoms with E-state index in [9.17, 15) is 18.8 Å². The van der Waals surface area contributed by atoms with Gasteiger partial charge in [-0.25, -0.2) is 4.39 Å². The van der Waals surface area contributed by atoms with Crippen LogP contribution in [-0.4, -0.2) is 55.7 Å². The standard InChI is InChI=1S/C24H23FN2O5/c1-26(2)14-20(23(29)15-5-8-17(25)9-6-15)19-12-22(28)27(24(19)30)13-16-7-10-18(31-3)11-21(16)32-4/h5-12,14H,13H2,1-4H3/b20-14+. The van der Waals surface area contributed by atoms with E-state index in [1.54, 1.807) is 37.2 Å². The molecule has 0 atom stereocenters. The lowest BCUT2D eigenvalue weighted by Crippen LogP contribution is -2.31. The van der Waals surface area contributed by atoms with Crippen molar-refractivity contribution in [3.63, 3.8) is 0 Å². The van der Waals surface area contributed by atoms with Crippen LogP contribution >= 0.6 is 0 Å². The van der Waals surface area contributed by atoms with Crippen molar-refractivity contribution in [2.75, 3.05) is 28.3 Å². The third-order valence-electron chi connectivity index (χ3n) is 4.86. The van der Waals surface area contributed by atoms with Crippen LogP contribution in [0.25, 0.3) is 0 Å². The molecular weight excluding hydrogens is 415 g/mol. The molecule has 8 heteroatoms. The number of methoxy groups -OCH3 is 2. The number of ketones is 1. The van der Waals surface area contributed by atoms with Crippen molar-refractivity contribution >= 4 is 17.6 Å². The van der Waals surface area contributed by atoms with Crippen LogP contribution in [0.15, 0.2) is 65.9 Å². The summed E-state index contributed by atoms with van der Waals surface area (Å²) in [5.74, 6) is -1.08. The van der Waals surface area contributed by atoms with Gasteiger partial charge in [-0.2, -0.15) is 0 Å². The maximum absolute atomic E-state index is 13.3. The first-order chi connectivity index (χ1) is 15.2. The predicted molar refractivity (Wildman–Crippen MR) is 116 cm³/mol. The van der Waals surface area contributed by atoms with Crippen molar-refractivity contribution in [2.45, 2.75) is 6.54 Å². The van der Waals surface area contributed by atoms with E-state index in [1.165, 1.54) is 44.7 Å². The van der Waals surface area contributed by atoms with E-state index in [4.69, 9.17) is 9.47 Å². The second kappa shape index (κ2) is 9.47. The van der Waals surface area contributed by atoms with Crippen molar-refractivity contribution in [1.82, 2.24) is 9.80 Å². The highest BCUT2D eigenvalue weighted by Gasteiger charge is 2.36. The van der Waals surface area contributed by atoms with Crippen LogP contribution < -0.4 is 9.47 Å². The molecule has 3 rings (SSSR count). The van der Waals surface area contributed by atoms with Crippen LogP contribution in [0.2, 0.25) is 0 Å². The van der Waals surface area contributed by atoms with Gasteiger partial charge in [0.15, 0.2) is 5.78 Å². The summed E-state index contributed by atoms with van der Waals surface area (Å²) in [6.07, 6.45) is 2.62. The summed E-state index contributed by atoms with van der Waals surface area (Å²) in [4.78, 5) is 41.6. The molecule has 7 nitrogen and oxygen atoms in total. The number of halogens is 1. The maximum atomic E-state index is 13.3. The number of imide groups is 1. The van der Waals surface area contributed by atoms with Crippen molar-refractivity contribution in [2.24, 2.45) is 0 Å². The number of carbonyl (C=O) groups is 3. The molecule has 0 bridgehead atoms. The maximum Gasteiger partial charge on any atom is 0.262 e. The molecule has 2 aromatic rings. The molecule has 0 unspecified atom stereocenters. The van der Waals surface area contributed by atoms with Crippen LogP contribution in [-0.2, 0) is 16.1 Å². The topological polar surface area (TPSA) is 76.2 Å². The summed E-state index contributed by atoms with van der Waals surface area (Å²) in [6.45, 7) is -0.0369. The fourth-order valence-electron chi connectivity index (χ4n) is 3.27. The molecule has 32 heavy (non-hydrogen) atoms. The molecule has 1 aliphatic heterocycles. The molecule has 1 aliphatic rings. The molecule has 2 amide bonds. The number of carbonyl (C=O) groups excluding carboxylic acids is 3. The Morgan fingerprint density at radius 1 is 1.06 bits per heavy atom. The first kappa shape index (κ1) is 22.7. The Morgan fingerprint density at radius 2 is 1.75 bits per heavy atom. The molecule has 0 saturated carbocycles. The first-order valence-electron chi connectivity index (χ1n) is 9.72. The predicted octanol–water partition coefficient (Wildman–Crippen LogP) is 2.97. The minimum absolute atomic E-state index is 0.0227. The van der Waals surface area contributed by atoms with E-state index in [-0.39, 0.29) is 23.3 Å². The lowest BCUT2D eigenvalue weighted by molar-refractivity contribution is -0.137. The number of hydrogen-bond acceptors (Lipinski definition) is 6. The molecular formula is C24H23FN2O5. The van der Waals surface area contributed by atoms with Crippen LogP contribution in [0, 0.1) is 5.82 Å². The summed E-state index contributed by atoms with van der Waals surface area (Å²) >= 11 is 0. The quantitative estimate of drug-likeness (QED) is 0.358. The first-order valence-corrected chi connectivity index (χ1v) is 9.72. The smallest absolute Gasteiger partial charge is 0.262 e. The van der Waals surface area contributed by atoms with Gasteiger partial charge < -0.3 is 14.4 Å². The van der Waals surface area contributed by atoms with E-state index in [0.717, 1.165) is 11.0 Å². The van der Waals surface area contributed by atoms with E-state index in [2.05, 4.69) is 0 Å². The average molecular weight is 438 g/mol. The van der Waals surface area contributed by atoms with Gasteiger partial charge in [0.25, 0.3) is 11.8 Å². The average Bonchev–Trinajstić information content (AvgIpc) is 3.05.